The number of allylic oxidation sites excluding steroid dienone is 1. The lowest BCUT2D eigenvalue weighted by Gasteiger charge is -2.11. The van der Waals surface area contributed by atoms with Crippen LogP contribution in [-0.4, -0.2) is 28.4 Å². The van der Waals surface area contributed by atoms with Gasteiger partial charge in [-0.05, 0) is 42.5 Å². The van der Waals surface area contributed by atoms with Gasteiger partial charge in [0.2, 0.25) is 0 Å². The smallest absolute Gasteiger partial charge is 0.161 e. The Labute approximate surface area is 345 Å². The molecule has 0 aliphatic rings. The van der Waals surface area contributed by atoms with Crippen LogP contribution in [0, 0.1) is 0 Å². The van der Waals surface area contributed by atoms with E-state index in [1.807, 2.05) is 67.6 Å². The Balaban J connectivity index is 1.17. The third-order valence-electron chi connectivity index (χ3n) is 10.1. The second-order valence-corrected chi connectivity index (χ2v) is 15.8. The predicted octanol–water partition coefficient (Wildman–Crippen LogP) is 13.9. The van der Waals surface area contributed by atoms with E-state index >= 15 is 0 Å². The Bertz CT molecular complexity index is 3050. The second-order valence-electron chi connectivity index (χ2n) is 13.7. The van der Waals surface area contributed by atoms with E-state index in [1.165, 1.54) is 15.8 Å². The summed E-state index contributed by atoms with van der Waals surface area (Å²) < 4.78 is 3.36. The summed E-state index contributed by atoms with van der Waals surface area (Å²) in [6.45, 7) is 10.6. The first kappa shape index (κ1) is 36.7. The summed E-state index contributed by atoms with van der Waals surface area (Å²) in [5, 5.41) is 2.21. The van der Waals surface area contributed by atoms with Crippen molar-refractivity contribution in [2.24, 2.45) is 15.0 Å². The van der Waals surface area contributed by atoms with Crippen LogP contribution in [0.5, 0.6) is 0 Å². The third kappa shape index (κ3) is 7.13. The van der Waals surface area contributed by atoms with E-state index in [0.717, 1.165) is 69.7 Å². The zero-order chi connectivity index (χ0) is 39.4. The van der Waals surface area contributed by atoms with Crippen LogP contribution in [-0.2, 0) is 6.54 Å². The minimum Gasteiger partial charge on any atom is -0.261 e. The van der Waals surface area contributed by atoms with Crippen LogP contribution in [0.4, 0.5) is 0 Å². The molecular weight excluding hydrogens is 747 g/mol. The maximum atomic E-state index is 5.32. The van der Waals surface area contributed by atoms with Gasteiger partial charge in [-0.1, -0.05) is 164 Å². The number of aromatic nitrogens is 2. The van der Waals surface area contributed by atoms with Crippen LogP contribution >= 0.6 is 22.7 Å². The van der Waals surface area contributed by atoms with Gasteiger partial charge in [0.15, 0.2) is 17.5 Å². The standard InChI is InChI=1S/C51H37N5S2/c1-4-39(51(53-32-33-17-9-6-10-18-33)56-49(52-3)37-21-13-8-14-22-37)45-40-30-29-38(31-44(40)57-42(45)5-2)50-54-46(48-47(55-50)41-23-15-16-24-43(41)58-48)36-27-25-35(26-28-36)34-19-11-7-12-20-34/h4-31H,2-3,32H2,1H3/b39-4+,53-51?,56-49?. The molecule has 3 aromatic heterocycles. The van der Waals surface area contributed by atoms with E-state index in [2.05, 4.69) is 127 Å². The van der Waals surface area contributed by atoms with E-state index < -0.39 is 0 Å². The fourth-order valence-electron chi connectivity index (χ4n) is 7.24. The number of hydrogen-bond donors (Lipinski definition) is 0. The molecule has 0 unspecified atom stereocenters. The van der Waals surface area contributed by atoms with Gasteiger partial charge in [0.05, 0.1) is 22.5 Å². The summed E-state index contributed by atoms with van der Waals surface area (Å²) in [7, 11) is 0. The lowest BCUT2D eigenvalue weighted by atomic mass is 9.99. The summed E-state index contributed by atoms with van der Waals surface area (Å²) in [5.41, 5.74) is 10.1. The van der Waals surface area contributed by atoms with Gasteiger partial charge in [0, 0.05) is 52.9 Å². The molecule has 0 spiro atoms. The minimum atomic E-state index is 0.459. The van der Waals surface area contributed by atoms with E-state index in [4.69, 9.17) is 20.0 Å². The Hall–Kier alpha value is -6.93. The van der Waals surface area contributed by atoms with Crippen LogP contribution < -0.4 is 0 Å². The number of nitrogens with zero attached hydrogens (tertiary/aromatic N) is 5. The molecule has 7 heteroatoms. The molecule has 9 rings (SSSR count). The van der Waals surface area contributed by atoms with E-state index in [1.54, 1.807) is 22.7 Å². The summed E-state index contributed by atoms with van der Waals surface area (Å²) >= 11 is 3.43. The number of fused-ring (bicyclic) bond motifs is 4. The van der Waals surface area contributed by atoms with Crippen LogP contribution in [0.15, 0.2) is 185 Å². The highest BCUT2D eigenvalue weighted by Gasteiger charge is 2.21. The third-order valence-corrected chi connectivity index (χ3v) is 12.4. The van der Waals surface area contributed by atoms with Crippen molar-refractivity contribution in [2.45, 2.75) is 13.5 Å². The molecule has 0 aliphatic carbocycles. The zero-order valence-electron chi connectivity index (χ0n) is 31.8. The Morgan fingerprint density at radius 3 is 2.03 bits per heavy atom. The first-order valence-corrected chi connectivity index (χ1v) is 20.7. The number of hydrogen-bond acceptors (Lipinski definition) is 5. The number of amidine groups is 2. The molecule has 278 valence electrons. The summed E-state index contributed by atoms with van der Waals surface area (Å²) in [6.07, 6.45) is 4.00. The Kier molecular flexibility index (Phi) is 10.3. The number of rotatable bonds is 9. The molecule has 0 N–H and O–H groups in total. The molecule has 0 saturated carbocycles. The largest absolute Gasteiger partial charge is 0.261 e. The molecule has 3 heterocycles. The summed E-state index contributed by atoms with van der Waals surface area (Å²) in [5.74, 6) is 1.76. The van der Waals surface area contributed by atoms with Gasteiger partial charge in [0.25, 0.3) is 0 Å². The maximum Gasteiger partial charge on any atom is 0.161 e. The fraction of sp³-hybridized carbons (Fsp3) is 0.0392. The van der Waals surface area contributed by atoms with E-state index in [9.17, 15) is 0 Å². The monoisotopic (exact) mass is 783 g/mol. The van der Waals surface area contributed by atoms with Crippen molar-refractivity contribution in [3.05, 3.63) is 192 Å². The molecule has 0 fully saturated rings. The van der Waals surface area contributed by atoms with E-state index in [-0.39, 0.29) is 0 Å². The lowest BCUT2D eigenvalue weighted by Crippen LogP contribution is -2.07. The first-order chi connectivity index (χ1) is 28.6. The minimum absolute atomic E-state index is 0.459. The molecule has 6 aromatic carbocycles. The van der Waals surface area contributed by atoms with Crippen LogP contribution in [0.1, 0.15) is 28.5 Å². The molecule has 0 saturated heterocycles. The molecule has 0 radical (unpaired) electrons. The average Bonchev–Trinajstić information content (AvgIpc) is 3.86. The molecule has 5 nitrogen and oxygen atoms in total. The molecule has 0 amide bonds. The summed E-state index contributed by atoms with van der Waals surface area (Å²) in [4.78, 5) is 26.2. The highest BCUT2D eigenvalue weighted by Crippen LogP contribution is 2.42. The molecule has 0 bridgehead atoms. The average molecular weight is 784 g/mol. The molecular formula is C51H37N5S2. The van der Waals surface area contributed by atoms with Crippen LogP contribution in [0.2, 0.25) is 0 Å². The number of thiophene rings is 2. The van der Waals surface area contributed by atoms with Gasteiger partial charge in [-0.3, -0.25) is 4.99 Å². The lowest BCUT2D eigenvalue weighted by molar-refractivity contribution is 1.06. The van der Waals surface area contributed by atoms with Crippen molar-refractivity contribution in [1.82, 2.24) is 9.97 Å². The van der Waals surface area contributed by atoms with Gasteiger partial charge >= 0.3 is 0 Å². The molecule has 9 aromatic rings. The van der Waals surface area contributed by atoms with Crippen molar-refractivity contribution in [1.29, 1.82) is 0 Å². The zero-order valence-corrected chi connectivity index (χ0v) is 33.5. The SMILES string of the molecule is C=Cc1sc2cc(-c3nc(-c4ccc(-c5ccccc5)cc4)c4sc5ccccc5c4n3)ccc2c1/C(=C\C)C(=NCc1ccccc1)N=C(N=C)c1ccccc1. The van der Waals surface area contributed by atoms with Gasteiger partial charge in [-0.15, -0.1) is 22.7 Å². The highest BCUT2D eigenvalue weighted by molar-refractivity contribution is 7.26. The fourth-order valence-corrected chi connectivity index (χ4v) is 9.50. The van der Waals surface area contributed by atoms with Gasteiger partial charge in [-0.25, -0.2) is 20.0 Å². The normalized spacial score (nSPS) is 12.4. The van der Waals surface area contributed by atoms with E-state index in [0.29, 0.717) is 24.0 Å². The van der Waals surface area contributed by atoms with Gasteiger partial charge in [0.1, 0.15) is 0 Å². The van der Waals surface area contributed by atoms with Crippen molar-refractivity contribution >= 4 is 83.1 Å². The molecule has 0 atom stereocenters. The highest BCUT2D eigenvalue weighted by atomic mass is 32.1. The second kappa shape index (κ2) is 16.3. The van der Waals surface area contributed by atoms with Crippen molar-refractivity contribution in [3.8, 4) is 33.8 Å². The van der Waals surface area contributed by atoms with Crippen LogP contribution in [0.25, 0.3) is 75.8 Å². The Morgan fingerprint density at radius 1 is 0.655 bits per heavy atom. The predicted molar refractivity (Wildman–Crippen MR) is 250 cm³/mol. The first-order valence-electron chi connectivity index (χ1n) is 19.0. The maximum absolute atomic E-state index is 5.32. The van der Waals surface area contributed by atoms with Crippen LogP contribution in [0.3, 0.4) is 0 Å². The topological polar surface area (TPSA) is 62.9 Å². The number of benzene rings is 6. The van der Waals surface area contributed by atoms with Gasteiger partial charge < -0.3 is 0 Å². The Morgan fingerprint density at radius 2 is 1.31 bits per heavy atom. The molecule has 0 aliphatic heterocycles. The summed E-state index contributed by atoms with van der Waals surface area (Å²) in [6, 6.07) is 54.2. The molecule has 58 heavy (non-hydrogen) atoms. The number of aliphatic imine (C=N–C) groups is 3. The van der Waals surface area contributed by atoms with Crippen molar-refractivity contribution in [3.63, 3.8) is 0 Å². The van der Waals surface area contributed by atoms with Crippen molar-refractivity contribution in [2.75, 3.05) is 0 Å². The quantitative estimate of drug-likeness (QED) is 0.108. The van der Waals surface area contributed by atoms with Gasteiger partial charge in [-0.2, -0.15) is 0 Å². The van der Waals surface area contributed by atoms with Crippen molar-refractivity contribution < 1.29 is 0 Å².